The van der Waals surface area contributed by atoms with Crippen LogP contribution >= 0.6 is 0 Å². The Morgan fingerprint density at radius 3 is 1.36 bits per heavy atom. The molecule has 2 nitrogen and oxygen atoms in total. The molecule has 10 aromatic rings. The van der Waals surface area contributed by atoms with Crippen molar-refractivity contribution in [3.63, 3.8) is 0 Å². The molecule has 0 saturated heterocycles. The second kappa shape index (κ2) is 15.4. The van der Waals surface area contributed by atoms with Crippen molar-refractivity contribution in [2.75, 3.05) is 0 Å². The van der Waals surface area contributed by atoms with Crippen LogP contribution in [0.5, 0.6) is 0 Å². The predicted octanol–water partition coefficient (Wildman–Crippen LogP) is 15.6. The van der Waals surface area contributed by atoms with E-state index < -0.39 is 0 Å². The number of hydrogen-bond acceptors (Lipinski definition) is 0. The van der Waals surface area contributed by atoms with Crippen molar-refractivity contribution in [3.8, 4) is 44.8 Å². The first-order valence-corrected chi connectivity index (χ1v) is 21.1. The first-order valence-electron chi connectivity index (χ1n) is 21.1. The molecule has 2 heteroatoms. The van der Waals surface area contributed by atoms with E-state index in [1.54, 1.807) is 0 Å². The average Bonchev–Trinajstić information content (AvgIpc) is 3.80. The van der Waals surface area contributed by atoms with Gasteiger partial charge in [0.05, 0.1) is 33.4 Å². The molecule has 0 atom stereocenters. The molecule has 10 rings (SSSR count). The molecule has 0 spiro atoms. The summed E-state index contributed by atoms with van der Waals surface area (Å²) in [5, 5.41) is 5.04. The summed E-state index contributed by atoms with van der Waals surface area (Å²) in [6.07, 6.45) is 7.08. The third-order valence-corrected chi connectivity index (χ3v) is 12.1. The van der Waals surface area contributed by atoms with Gasteiger partial charge in [0.1, 0.15) is 0 Å². The van der Waals surface area contributed by atoms with Gasteiger partial charge in [0.2, 0.25) is 0 Å². The van der Waals surface area contributed by atoms with Gasteiger partial charge in [-0.25, -0.2) is 0 Å². The monoisotopic (exact) mass is 748 g/mol. The summed E-state index contributed by atoms with van der Waals surface area (Å²) >= 11 is 0. The molecule has 0 saturated carbocycles. The minimum Gasteiger partial charge on any atom is -0.309 e. The van der Waals surface area contributed by atoms with E-state index in [0.717, 1.165) is 12.8 Å². The fourth-order valence-corrected chi connectivity index (χ4v) is 9.16. The van der Waals surface area contributed by atoms with Crippen LogP contribution in [0.15, 0.2) is 182 Å². The molecule has 58 heavy (non-hydrogen) atoms. The maximum atomic E-state index is 2.47. The predicted molar refractivity (Wildman–Crippen MR) is 249 cm³/mol. The van der Waals surface area contributed by atoms with Crippen molar-refractivity contribution in [2.24, 2.45) is 0 Å². The van der Waals surface area contributed by atoms with Gasteiger partial charge >= 0.3 is 0 Å². The largest absolute Gasteiger partial charge is 0.309 e. The van der Waals surface area contributed by atoms with Crippen LogP contribution in [0.2, 0.25) is 0 Å². The first kappa shape index (κ1) is 35.8. The Balaban J connectivity index is 1.09. The van der Waals surface area contributed by atoms with Gasteiger partial charge in [0.15, 0.2) is 0 Å². The van der Waals surface area contributed by atoms with Gasteiger partial charge < -0.3 is 9.13 Å². The molecular formula is C56H48N2. The van der Waals surface area contributed by atoms with Crippen LogP contribution < -0.4 is 0 Å². The number of nitrogens with zero attached hydrogens (tertiary/aromatic N) is 2. The lowest BCUT2D eigenvalue weighted by Gasteiger charge is -2.15. The van der Waals surface area contributed by atoms with Crippen LogP contribution in [0.25, 0.3) is 88.4 Å². The molecule has 8 aromatic carbocycles. The summed E-state index contributed by atoms with van der Waals surface area (Å²) in [6.45, 7) is 4.52. The van der Waals surface area contributed by atoms with Crippen molar-refractivity contribution in [1.29, 1.82) is 0 Å². The summed E-state index contributed by atoms with van der Waals surface area (Å²) < 4.78 is 4.93. The SMILES string of the molecule is CCCCc1ccc(-c2ccccc2-n2c3ccccc3c3cc(-c4ccc5c(c4)c4ccccc4n5-c4ccccc4-c4cccc(CCCC)c4)ccc32)cc1. The zero-order valence-corrected chi connectivity index (χ0v) is 33.5. The number of fused-ring (bicyclic) bond motifs is 6. The van der Waals surface area contributed by atoms with Crippen LogP contribution in [0, 0.1) is 0 Å². The number of rotatable bonds is 11. The minimum absolute atomic E-state index is 1.11. The maximum absolute atomic E-state index is 2.47. The van der Waals surface area contributed by atoms with Crippen molar-refractivity contribution >= 4 is 43.6 Å². The topological polar surface area (TPSA) is 9.86 Å². The number of aryl methyl sites for hydroxylation is 2. The van der Waals surface area contributed by atoms with Gasteiger partial charge in [-0.15, -0.1) is 0 Å². The smallest absolute Gasteiger partial charge is 0.0541 e. The number of aromatic nitrogens is 2. The van der Waals surface area contributed by atoms with Crippen LogP contribution in [0.1, 0.15) is 50.7 Å². The highest BCUT2D eigenvalue weighted by Crippen LogP contribution is 2.41. The molecule has 2 heterocycles. The van der Waals surface area contributed by atoms with E-state index >= 15 is 0 Å². The van der Waals surface area contributed by atoms with Gasteiger partial charge in [-0.05, 0) is 108 Å². The van der Waals surface area contributed by atoms with Gasteiger partial charge in [0.25, 0.3) is 0 Å². The number of unbranched alkanes of at least 4 members (excludes halogenated alkanes) is 2. The van der Waals surface area contributed by atoms with E-state index in [9.17, 15) is 0 Å². The molecule has 0 amide bonds. The van der Waals surface area contributed by atoms with Crippen LogP contribution in [-0.2, 0) is 12.8 Å². The first-order chi connectivity index (χ1) is 28.7. The molecule has 0 radical (unpaired) electrons. The molecule has 0 bridgehead atoms. The summed E-state index contributed by atoms with van der Waals surface area (Å²) in [6, 6.07) is 67.9. The number of para-hydroxylation sites is 4. The molecule has 0 fully saturated rings. The lowest BCUT2D eigenvalue weighted by Crippen LogP contribution is -1.97. The third kappa shape index (κ3) is 6.30. The van der Waals surface area contributed by atoms with Crippen LogP contribution in [-0.4, -0.2) is 9.13 Å². The summed E-state index contributed by atoms with van der Waals surface area (Å²) in [5.41, 5.74) is 17.5. The van der Waals surface area contributed by atoms with Gasteiger partial charge in [-0.2, -0.15) is 0 Å². The van der Waals surface area contributed by atoms with Gasteiger partial charge in [-0.1, -0.05) is 160 Å². The summed E-state index contributed by atoms with van der Waals surface area (Å²) in [4.78, 5) is 0. The Labute approximate surface area is 341 Å². The summed E-state index contributed by atoms with van der Waals surface area (Å²) in [5.74, 6) is 0. The quantitative estimate of drug-likeness (QED) is 0.125. The fraction of sp³-hybridized carbons (Fsp3) is 0.143. The zero-order valence-electron chi connectivity index (χ0n) is 33.5. The fourth-order valence-electron chi connectivity index (χ4n) is 9.16. The summed E-state index contributed by atoms with van der Waals surface area (Å²) in [7, 11) is 0. The molecule has 0 N–H and O–H groups in total. The van der Waals surface area contributed by atoms with E-state index in [0.29, 0.717) is 0 Å². The van der Waals surface area contributed by atoms with E-state index in [1.807, 2.05) is 0 Å². The highest BCUT2D eigenvalue weighted by molar-refractivity contribution is 6.13. The molecular weight excluding hydrogens is 701 g/mol. The van der Waals surface area contributed by atoms with Gasteiger partial charge in [0, 0.05) is 32.7 Å². The molecule has 0 aliphatic heterocycles. The molecule has 0 aliphatic carbocycles. The standard InChI is InChI=1S/C56H48N2/c1-3-5-16-39-28-30-41(31-29-39)45-20-7-11-24-51(45)57-53-26-13-9-22-47(53)49-37-42(32-34-55(49)57)43-33-35-56-50(38-43)48-23-10-14-27-54(48)58(56)52-25-12-8-21-46(52)44-19-15-18-40(36-44)17-6-4-2/h7-15,18-38H,3-6,16-17H2,1-2H3. The zero-order chi connectivity index (χ0) is 39.0. The normalized spacial score (nSPS) is 11.7. The van der Waals surface area contributed by atoms with E-state index in [-0.39, 0.29) is 0 Å². The average molecular weight is 749 g/mol. The Morgan fingerprint density at radius 2 is 0.793 bits per heavy atom. The van der Waals surface area contributed by atoms with Crippen LogP contribution in [0.4, 0.5) is 0 Å². The lowest BCUT2D eigenvalue weighted by molar-refractivity contribution is 0.795. The maximum Gasteiger partial charge on any atom is 0.0541 e. The Morgan fingerprint density at radius 1 is 0.328 bits per heavy atom. The van der Waals surface area contributed by atoms with Gasteiger partial charge in [-0.3, -0.25) is 0 Å². The highest BCUT2D eigenvalue weighted by Gasteiger charge is 2.19. The van der Waals surface area contributed by atoms with E-state index in [1.165, 1.54) is 125 Å². The Bertz CT molecular complexity index is 3080. The molecule has 0 unspecified atom stereocenters. The molecule has 2 aromatic heterocycles. The lowest BCUT2D eigenvalue weighted by atomic mass is 9.99. The minimum atomic E-state index is 1.11. The van der Waals surface area contributed by atoms with Crippen LogP contribution in [0.3, 0.4) is 0 Å². The number of benzene rings is 8. The third-order valence-electron chi connectivity index (χ3n) is 12.1. The Kier molecular flexibility index (Phi) is 9.47. The molecule has 0 aliphatic rings. The van der Waals surface area contributed by atoms with Crippen molar-refractivity contribution in [3.05, 3.63) is 193 Å². The highest BCUT2D eigenvalue weighted by atomic mass is 15.0. The van der Waals surface area contributed by atoms with E-state index in [2.05, 4.69) is 205 Å². The Hall–Kier alpha value is -6.64. The number of hydrogen-bond donors (Lipinski definition) is 0. The van der Waals surface area contributed by atoms with Crippen molar-refractivity contribution < 1.29 is 0 Å². The second-order valence-corrected chi connectivity index (χ2v) is 15.8. The van der Waals surface area contributed by atoms with Crippen molar-refractivity contribution in [1.82, 2.24) is 9.13 Å². The van der Waals surface area contributed by atoms with Crippen molar-refractivity contribution in [2.45, 2.75) is 52.4 Å². The van der Waals surface area contributed by atoms with E-state index in [4.69, 9.17) is 0 Å². The molecule has 282 valence electrons. The second-order valence-electron chi connectivity index (χ2n) is 15.8.